The number of hydrogen-bond acceptors (Lipinski definition) is 8. The molecule has 2 heterocycles. The summed E-state index contributed by atoms with van der Waals surface area (Å²) >= 11 is 1.41. The van der Waals surface area contributed by atoms with Crippen LogP contribution in [-0.4, -0.2) is 57.9 Å². The number of amides is 4. The monoisotopic (exact) mass is 820 g/mol. The van der Waals surface area contributed by atoms with Gasteiger partial charge in [-0.2, -0.15) is 0 Å². The van der Waals surface area contributed by atoms with E-state index in [0.717, 1.165) is 22.3 Å². The Morgan fingerprint density at radius 1 is 0.717 bits per heavy atom. The minimum Gasteiger partial charge on any atom is -0.451 e. The molecule has 1 fully saturated rings. The molecule has 0 bridgehead atoms. The number of urea groups is 1. The molecule has 4 amide bonds. The highest BCUT2D eigenvalue weighted by Crippen LogP contribution is 2.42. The molecule has 60 heavy (non-hydrogen) atoms. The molecule has 2 aliphatic heterocycles. The van der Waals surface area contributed by atoms with Gasteiger partial charge in [0.25, 0.3) is 5.91 Å². The molecule has 12 heteroatoms. The zero-order valence-corrected chi connectivity index (χ0v) is 33.5. The van der Waals surface area contributed by atoms with Crippen molar-refractivity contribution in [1.29, 1.82) is 0 Å². The molecule has 0 radical (unpaired) electrons. The van der Waals surface area contributed by atoms with E-state index in [-0.39, 0.29) is 25.0 Å². The van der Waals surface area contributed by atoms with Gasteiger partial charge >= 0.3 is 18.0 Å². The van der Waals surface area contributed by atoms with Gasteiger partial charge in [-0.05, 0) is 52.8 Å². The standard InChI is InChI=1S/C48H44N4O7S/c1-2-32-31-60-45-40(44(54)52(45)41(32)47(56)59-43(35-23-12-5-13-24-35)36-25-14-6-15-26-36)51-39(53)30-18-29-38(50-48(57)49-37-27-16-7-17-28-37)46(55)58-42(33-19-8-3-9-20-33)34-21-10-4-11-22-34/h2-17,19-28,38,40,42-43,45H,1,18,29-31H2,(H,51,53)(H2,49,50,57)/t38?,40?,45-/m1/s1. The van der Waals surface area contributed by atoms with Crippen LogP contribution in [0.2, 0.25) is 0 Å². The first kappa shape index (κ1) is 41.2. The van der Waals surface area contributed by atoms with Crippen LogP contribution in [0.5, 0.6) is 0 Å². The van der Waals surface area contributed by atoms with Gasteiger partial charge in [0.2, 0.25) is 5.91 Å². The fraction of sp³-hybridized carbons (Fsp3) is 0.188. The van der Waals surface area contributed by atoms with Gasteiger partial charge in [0.15, 0.2) is 12.2 Å². The second kappa shape index (κ2) is 19.7. The van der Waals surface area contributed by atoms with Crippen molar-refractivity contribution < 1.29 is 33.4 Å². The summed E-state index contributed by atoms with van der Waals surface area (Å²) in [5.41, 5.74) is 4.24. The van der Waals surface area contributed by atoms with E-state index in [0.29, 0.717) is 17.0 Å². The Kier molecular flexibility index (Phi) is 13.5. The van der Waals surface area contributed by atoms with Gasteiger partial charge in [-0.25, -0.2) is 14.4 Å². The highest BCUT2D eigenvalue weighted by molar-refractivity contribution is 8.00. The van der Waals surface area contributed by atoms with Gasteiger partial charge in [0, 0.05) is 17.9 Å². The highest BCUT2D eigenvalue weighted by Gasteiger charge is 2.54. The van der Waals surface area contributed by atoms with E-state index in [4.69, 9.17) is 9.47 Å². The predicted octanol–water partition coefficient (Wildman–Crippen LogP) is 7.85. The van der Waals surface area contributed by atoms with Crippen molar-refractivity contribution in [3.63, 3.8) is 0 Å². The number of rotatable bonds is 16. The summed E-state index contributed by atoms with van der Waals surface area (Å²) in [7, 11) is 0. The predicted molar refractivity (Wildman–Crippen MR) is 230 cm³/mol. The molecule has 5 aromatic rings. The van der Waals surface area contributed by atoms with Gasteiger partial charge in [-0.15, -0.1) is 11.8 Å². The molecule has 0 aromatic heterocycles. The summed E-state index contributed by atoms with van der Waals surface area (Å²) in [4.78, 5) is 69.5. The van der Waals surface area contributed by atoms with E-state index in [9.17, 15) is 24.0 Å². The zero-order valence-electron chi connectivity index (χ0n) is 32.6. The second-order valence-corrected chi connectivity index (χ2v) is 15.3. The number of anilines is 1. The van der Waals surface area contributed by atoms with Gasteiger partial charge in [-0.3, -0.25) is 14.5 Å². The van der Waals surface area contributed by atoms with Crippen molar-refractivity contribution in [3.8, 4) is 0 Å². The lowest BCUT2D eigenvalue weighted by Gasteiger charge is -2.49. The molecule has 0 spiro atoms. The second-order valence-electron chi connectivity index (χ2n) is 14.2. The first-order valence-corrected chi connectivity index (χ1v) is 20.7. The van der Waals surface area contributed by atoms with Crippen LogP contribution in [0, 0.1) is 0 Å². The number of fused-ring (bicyclic) bond motifs is 1. The van der Waals surface area contributed by atoms with Gasteiger partial charge in [0.05, 0.1) is 0 Å². The molecule has 11 nitrogen and oxygen atoms in total. The lowest BCUT2D eigenvalue weighted by atomic mass is 10.0. The van der Waals surface area contributed by atoms with E-state index in [1.165, 1.54) is 16.7 Å². The summed E-state index contributed by atoms with van der Waals surface area (Å²) < 4.78 is 12.2. The minimum absolute atomic E-state index is 0.0494. The molecule has 7 rings (SSSR count). The fourth-order valence-electron chi connectivity index (χ4n) is 7.13. The summed E-state index contributed by atoms with van der Waals surface area (Å²) in [6.07, 6.45) is 0.285. The van der Waals surface area contributed by atoms with Crippen molar-refractivity contribution in [3.05, 3.63) is 198 Å². The topological polar surface area (TPSA) is 143 Å². The molecule has 304 valence electrons. The average Bonchev–Trinajstić information content (AvgIpc) is 3.29. The maximum Gasteiger partial charge on any atom is 0.356 e. The van der Waals surface area contributed by atoms with Crippen LogP contribution in [0.1, 0.15) is 53.7 Å². The van der Waals surface area contributed by atoms with Gasteiger partial charge < -0.3 is 25.4 Å². The van der Waals surface area contributed by atoms with Gasteiger partial charge in [-0.1, -0.05) is 152 Å². The number of nitrogens with zero attached hydrogens (tertiary/aromatic N) is 1. The third-order valence-corrected chi connectivity index (χ3v) is 11.4. The number of β-lactam (4-membered cyclic amide) rings is 1. The summed E-state index contributed by atoms with van der Waals surface area (Å²) in [6, 6.07) is 43.5. The van der Waals surface area contributed by atoms with Crippen LogP contribution in [-0.2, 0) is 28.7 Å². The number of thioether (sulfide) groups is 1. The molecule has 0 saturated carbocycles. The van der Waals surface area contributed by atoms with Crippen molar-refractivity contribution in [2.24, 2.45) is 0 Å². The maximum absolute atomic E-state index is 14.0. The van der Waals surface area contributed by atoms with Crippen LogP contribution in [0.15, 0.2) is 176 Å². The number of allylic oxidation sites excluding steroid dienone is 1. The SMILES string of the molecule is C=CC1=C(C(=O)OC(c2ccccc2)c2ccccc2)N2C(=O)C(NC(=O)CCCC(NC(=O)Nc3ccccc3)C(=O)OC(c3ccccc3)c3ccccc3)[C@H]2SC1. The number of ether oxygens (including phenoxy) is 2. The molecular formula is C48H44N4O7S. The number of nitrogens with one attached hydrogen (secondary N) is 3. The molecule has 1 saturated heterocycles. The Bertz CT molecular complexity index is 2250. The number of hydrogen-bond donors (Lipinski definition) is 3. The molecule has 2 unspecified atom stereocenters. The van der Waals surface area contributed by atoms with Crippen LogP contribution >= 0.6 is 11.8 Å². The summed E-state index contributed by atoms with van der Waals surface area (Å²) in [6.45, 7) is 3.88. The fourth-order valence-corrected chi connectivity index (χ4v) is 8.47. The number of carbonyl (C=O) groups excluding carboxylic acids is 5. The quantitative estimate of drug-likeness (QED) is 0.0675. The van der Waals surface area contributed by atoms with E-state index < -0.39 is 59.4 Å². The highest BCUT2D eigenvalue weighted by atomic mass is 32.2. The Labute approximate surface area is 352 Å². The summed E-state index contributed by atoms with van der Waals surface area (Å²) in [5, 5.41) is 7.76. The molecule has 5 aromatic carbocycles. The first-order valence-electron chi connectivity index (χ1n) is 19.6. The Hall–Kier alpha value is -6.92. The van der Waals surface area contributed by atoms with E-state index >= 15 is 0 Å². The molecule has 3 N–H and O–H groups in total. The lowest BCUT2D eigenvalue weighted by molar-refractivity contribution is -0.154. The van der Waals surface area contributed by atoms with Gasteiger partial charge in [0.1, 0.15) is 23.2 Å². The van der Waals surface area contributed by atoms with Crippen LogP contribution < -0.4 is 16.0 Å². The third kappa shape index (κ3) is 9.84. The number of para-hydroxylation sites is 1. The smallest absolute Gasteiger partial charge is 0.356 e. The Morgan fingerprint density at radius 3 is 1.70 bits per heavy atom. The molecule has 2 aliphatic rings. The Balaban J connectivity index is 1.00. The van der Waals surface area contributed by atoms with Crippen LogP contribution in [0.4, 0.5) is 10.5 Å². The number of carbonyl (C=O) groups is 5. The minimum atomic E-state index is -1.11. The Morgan fingerprint density at radius 2 is 1.20 bits per heavy atom. The number of benzene rings is 5. The van der Waals surface area contributed by atoms with Crippen molar-refractivity contribution in [2.45, 2.75) is 48.9 Å². The normalized spacial score (nSPS) is 16.2. The van der Waals surface area contributed by atoms with Crippen molar-refractivity contribution in [2.75, 3.05) is 11.1 Å². The molecule has 3 atom stereocenters. The van der Waals surface area contributed by atoms with E-state index in [2.05, 4.69) is 22.5 Å². The first-order chi connectivity index (χ1) is 29.3. The third-order valence-electron chi connectivity index (χ3n) is 10.1. The zero-order chi connectivity index (χ0) is 41.8. The van der Waals surface area contributed by atoms with E-state index in [1.807, 2.05) is 127 Å². The van der Waals surface area contributed by atoms with Crippen molar-refractivity contribution in [1.82, 2.24) is 15.5 Å². The van der Waals surface area contributed by atoms with E-state index in [1.54, 1.807) is 30.3 Å². The van der Waals surface area contributed by atoms with Crippen LogP contribution in [0.25, 0.3) is 0 Å². The number of esters is 2. The average molecular weight is 821 g/mol. The van der Waals surface area contributed by atoms with Crippen LogP contribution in [0.3, 0.4) is 0 Å². The maximum atomic E-state index is 14.0. The molecular weight excluding hydrogens is 777 g/mol. The molecule has 0 aliphatic carbocycles. The largest absolute Gasteiger partial charge is 0.451 e. The summed E-state index contributed by atoms with van der Waals surface area (Å²) in [5.74, 6) is -1.84. The lowest BCUT2D eigenvalue weighted by Crippen LogP contribution is -2.70. The van der Waals surface area contributed by atoms with Crippen molar-refractivity contribution >= 4 is 47.2 Å².